The third kappa shape index (κ3) is 6.16. The number of nitrogens with one attached hydrogen (secondary N) is 1. The molecule has 0 aliphatic rings. The minimum absolute atomic E-state index is 0.0128. The van der Waals surface area contributed by atoms with E-state index < -0.39 is 28.5 Å². The van der Waals surface area contributed by atoms with E-state index in [2.05, 4.69) is 5.32 Å². The summed E-state index contributed by atoms with van der Waals surface area (Å²) in [7, 11) is -1.13. The summed E-state index contributed by atoms with van der Waals surface area (Å²) in [6, 6.07) is 20.4. The number of methoxy groups -OCH3 is 1. The van der Waals surface area contributed by atoms with E-state index in [-0.39, 0.29) is 28.1 Å². The number of amides is 2. The molecule has 8 nitrogen and oxygen atoms in total. The van der Waals surface area contributed by atoms with E-state index >= 15 is 0 Å². The lowest BCUT2D eigenvalue weighted by Gasteiger charge is -2.32. The van der Waals surface area contributed by atoms with Crippen LogP contribution in [0.2, 0.25) is 5.02 Å². The number of hydrogen-bond donors (Lipinski definition) is 1. The van der Waals surface area contributed by atoms with Crippen molar-refractivity contribution in [3.63, 3.8) is 0 Å². The van der Waals surface area contributed by atoms with Crippen LogP contribution in [0.1, 0.15) is 12.5 Å². The molecule has 0 saturated carbocycles. The summed E-state index contributed by atoms with van der Waals surface area (Å²) >= 11 is 6.36. The Morgan fingerprint density at radius 1 is 0.972 bits per heavy atom. The Morgan fingerprint density at radius 3 is 2.17 bits per heavy atom. The van der Waals surface area contributed by atoms with Gasteiger partial charge in [0.25, 0.3) is 10.0 Å². The first-order valence-corrected chi connectivity index (χ1v) is 13.0. The van der Waals surface area contributed by atoms with Crippen molar-refractivity contribution >= 4 is 39.1 Å². The first-order valence-electron chi connectivity index (χ1n) is 11.2. The van der Waals surface area contributed by atoms with Crippen molar-refractivity contribution in [3.05, 3.63) is 89.4 Å². The maximum Gasteiger partial charge on any atom is 0.264 e. The molecule has 2 amide bonds. The number of para-hydroxylation sites is 1. The van der Waals surface area contributed by atoms with Gasteiger partial charge in [0.2, 0.25) is 11.8 Å². The summed E-state index contributed by atoms with van der Waals surface area (Å²) in [5.74, 6) is -0.303. The summed E-state index contributed by atoms with van der Waals surface area (Å²) in [6.45, 7) is 1.11. The van der Waals surface area contributed by atoms with Crippen LogP contribution in [-0.2, 0) is 26.2 Å². The highest BCUT2D eigenvalue weighted by molar-refractivity contribution is 7.92. The summed E-state index contributed by atoms with van der Waals surface area (Å²) in [6.07, 6.45) is 0. The molecule has 0 radical (unpaired) electrons. The van der Waals surface area contributed by atoms with Gasteiger partial charge in [0, 0.05) is 13.6 Å². The third-order valence-electron chi connectivity index (χ3n) is 5.66. The van der Waals surface area contributed by atoms with Crippen molar-refractivity contribution in [1.82, 2.24) is 10.2 Å². The van der Waals surface area contributed by atoms with E-state index in [9.17, 15) is 18.0 Å². The number of carbonyl (C=O) groups is 2. The molecule has 0 heterocycles. The molecule has 0 aromatic heterocycles. The summed E-state index contributed by atoms with van der Waals surface area (Å²) in [4.78, 5) is 27.5. The monoisotopic (exact) mass is 529 g/mol. The number of nitrogens with zero attached hydrogens (tertiary/aromatic N) is 2. The number of ether oxygens (including phenoxy) is 1. The molecule has 0 aliphatic carbocycles. The Kier molecular flexibility index (Phi) is 8.95. The van der Waals surface area contributed by atoms with Crippen molar-refractivity contribution in [2.45, 2.75) is 24.4 Å². The number of benzene rings is 3. The summed E-state index contributed by atoms with van der Waals surface area (Å²) in [5, 5.41) is 2.72. The number of hydrogen-bond acceptors (Lipinski definition) is 5. The molecule has 3 aromatic carbocycles. The van der Waals surface area contributed by atoms with Crippen LogP contribution >= 0.6 is 11.6 Å². The van der Waals surface area contributed by atoms with E-state index in [1.165, 1.54) is 30.1 Å². The number of halogens is 1. The van der Waals surface area contributed by atoms with Gasteiger partial charge in [-0.15, -0.1) is 0 Å². The zero-order valence-electron chi connectivity index (χ0n) is 20.2. The normalized spacial score (nSPS) is 11.9. The van der Waals surface area contributed by atoms with Gasteiger partial charge in [-0.1, -0.05) is 54.1 Å². The van der Waals surface area contributed by atoms with Crippen LogP contribution in [0.25, 0.3) is 0 Å². The average Bonchev–Trinajstić information content (AvgIpc) is 2.90. The number of sulfonamides is 1. The maximum atomic E-state index is 13.7. The molecular weight excluding hydrogens is 502 g/mol. The smallest absolute Gasteiger partial charge is 0.264 e. The van der Waals surface area contributed by atoms with Crippen molar-refractivity contribution < 1.29 is 22.7 Å². The Hall–Kier alpha value is -3.56. The van der Waals surface area contributed by atoms with Gasteiger partial charge in [-0.25, -0.2) is 8.42 Å². The Morgan fingerprint density at radius 2 is 1.58 bits per heavy atom. The Labute approximate surface area is 216 Å². The third-order valence-corrected chi connectivity index (χ3v) is 7.75. The molecule has 0 spiro atoms. The highest BCUT2D eigenvalue weighted by Crippen LogP contribution is 2.30. The quantitative estimate of drug-likeness (QED) is 0.432. The number of rotatable bonds is 10. The lowest BCUT2D eigenvalue weighted by Crippen LogP contribution is -2.50. The lowest BCUT2D eigenvalue weighted by atomic mass is 10.1. The second-order valence-corrected chi connectivity index (χ2v) is 10.2. The maximum absolute atomic E-state index is 13.7. The van der Waals surface area contributed by atoms with Crippen LogP contribution in [0.15, 0.2) is 83.8 Å². The van der Waals surface area contributed by atoms with Crippen LogP contribution in [0.5, 0.6) is 5.75 Å². The van der Waals surface area contributed by atoms with Gasteiger partial charge in [0.1, 0.15) is 18.3 Å². The predicted octanol–water partition coefficient (Wildman–Crippen LogP) is 3.71. The van der Waals surface area contributed by atoms with E-state index in [4.69, 9.17) is 16.3 Å². The molecule has 10 heteroatoms. The van der Waals surface area contributed by atoms with Crippen LogP contribution in [0.4, 0.5) is 5.69 Å². The molecule has 0 unspecified atom stereocenters. The fourth-order valence-electron chi connectivity index (χ4n) is 3.61. The van der Waals surface area contributed by atoms with Gasteiger partial charge in [-0.3, -0.25) is 13.9 Å². The zero-order valence-corrected chi connectivity index (χ0v) is 21.8. The standard InChI is InChI=1S/C26H28ClN3O5S/c1-19(26(32)28-2)29(17-20-13-15-21(35-3)16-14-20)25(31)18-30(24-12-8-7-11-23(24)27)36(33,34)22-9-5-4-6-10-22/h4-16,19H,17-18H2,1-3H3,(H,28,32)/t19-/m1/s1. The van der Waals surface area contributed by atoms with E-state index in [1.54, 1.807) is 74.7 Å². The first kappa shape index (κ1) is 27.0. The molecule has 1 N–H and O–H groups in total. The molecular formula is C26H28ClN3O5S. The number of carbonyl (C=O) groups excluding carboxylic acids is 2. The molecule has 0 bridgehead atoms. The molecule has 0 aliphatic heterocycles. The Balaban J connectivity index is 2.01. The minimum Gasteiger partial charge on any atom is -0.497 e. The van der Waals surface area contributed by atoms with E-state index in [0.717, 1.165) is 9.87 Å². The van der Waals surface area contributed by atoms with Gasteiger partial charge in [-0.2, -0.15) is 0 Å². The molecule has 1 atom stereocenters. The van der Waals surface area contributed by atoms with Gasteiger partial charge >= 0.3 is 0 Å². The molecule has 190 valence electrons. The average molecular weight is 530 g/mol. The molecule has 3 rings (SSSR count). The predicted molar refractivity (Wildman–Crippen MR) is 139 cm³/mol. The van der Waals surface area contributed by atoms with Gasteiger partial charge in [-0.05, 0) is 48.9 Å². The van der Waals surface area contributed by atoms with Crippen LogP contribution in [-0.4, -0.2) is 51.9 Å². The Bertz CT molecular complexity index is 1300. The number of likely N-dealkylation sites (N-methyl/N-ethyl adjacent to an activating group) is 1. The molecule has 0 fully saturated rings. The second-order valence-electron chi connectivity index (χ2n) is 7.94. The molecule has 36 heavy (non-hydrogen) atoms. The summed E-state index contributed by atoms with van der Waals surface area (Å²) in [5.41, 5.74) is 0.906. The van der Waals surface area contributed by atoms with Gasteiger partial charge < -0.3 is 15.0 Å². The first-order chi connectivity index (χ1) is 17.2. The van der Waals surface area contributed by atoms with Crippen molar-refractivity contribution in [2.75, 3.05) is 25.0 Å². The van der Waals surface area contributed by atoms with Crippen molar-refractivity contribution in [3.8, 4) is 5.75 Å². The number of anilines is 1. The van der Waals surface area contributed by atoms with Crippen LogP contribution in [0.3, 0.4) is 0 Å². The lowest BCUT2D eigenvalue weighted by molar-refractivity contribution is -0.139. The van der Waals surface area contributed by atoms with Gasteiger partial charge in [0.05, 0.1) is 22.7 Å². The fourth-order valence-corrected chi connectivity index (χ4v) is 5.35. The molecule has 3 aromatic rings. The van der Waals surface area contributed by atoms with E-state index in [0.29, 0.717) is 5.75 Å². The van der Waals surface area contributed by atoms with Crippen molar-refractivity contribution in [2.24, 2.45) is 0 Å². The SMILES string of the molecule is CNC(=O)[C@@H](C)N(Cc1ccc(OC)cc1)C(=O)CN(c1ccccc1Cl)S(=O)(=O)c1ccccc1. The second kappa shape index (κ2) is 11.9. The highest BCUT2D eigenvalue weighted by atomic mass is 35.5. The highest BCUT2D eigenvalue weighted by Gasteiger charge is 2.33. The fraction of sp³-hybridized carbons (Fsp3) is 0.231. The topological polar surface area (TPSA) is 96.0 Å². The minimum atomic E-state index is -4.15. The summed E-state index contributed by atoms with van der Waals surface area (Å²) < 4.78 is 33.4. The van der Waals surface area contributed by atoms with Crippen LogP contribution in [0, 0.1) is 0 Å². The molecule has 0 saturated heterocycles. The van der Waals surface area contributed by atoms with Crippen molar-refractivity contribution in [1.29, 1.82) is 0 Å². The van der Waals surface area contributed by atoms with Crippen LogP contribution < -0.4 is 14.4 Å². The van der Waals surface area contributed by atoms with E-state index in [1.807, 2.05) is 0 Å². The largest absolute Gasteiger partial charge is 0.497 e. The van der Waals surface area contributed by atoms with Gasteiger partial charge in [0.15, 0.2) is 0 Å². The zero-order chi connectivity index (χ0) is 26.3.